The minimum Gasteiger partial charge on any atom is -0.481 e. The number of aromatic nitrogens is 2. The monoisotopic (exact) mass is 389 g/mol. The summed E-state index contributed by atoms with van der Waals surface area (Å²) in [6, 6.07) is 1.77. The highest BCUT2D eigenvalue weighted by atomic mass is 16.4. The van der Waals surface area contributed by atoms with E-state index in [1.165, 1.54) is 0 Å². The van der Waals surface area contributed by atoms with E-state index in [0.717, 1.165) is 0 Å². The summed E-state index contributed by atoms with van der Waals surface area (Å²) in [6.07, 6.45) is 5.97. The molecule has 1 saturated carbocycles. The van der Waals surface area contributed by atoms with Crippen LogP contribution < -0.4 is 10.2 Å². The van der Waals surface area contributed by atoms with Crippen molar-refractivity contribution in [3.05, 3.63) is 18.5 Å². The Labute approximate surface area is 164 Å². The minimum absolute atomic E-state index is 0.0310. The van der Waals surface area contributed by atoms with Gasteiger partial charge in [-0.05, 0) is 31.7 Å². The van der Waals surface area contributed by atoms with Gasteiger partial charge < -0.3 is 20.2 Å². The van der Waals surface area contributed by atoms with Crippen molar-refractivity contribution in [1.82, 2.24) is 20.2 Å². The Hall–Kier alpha value is -2.71. The second kappa shape index (κ2) is 9.48. The van der Waals surface area contributed by atoms with E-state index < -0.39 is 5.97 Å². The van der Waals surface area contributed by atoms with Crippen molar-refractivity contribution in [2.24, 2.45) is 11.8 Å². The first-order chi connectivity index (χ1) is 13.5. The Kier molecular flexibility index (Phi) is 6.78. The van der Waals surface area contributed by atoms with Gasteiger partial charge >= 0.3 is 5.97 Å². The number of anilines is 1. The summed E-state index contributed by atoms with van der Waals surface area (Å²) in [6.45, 7) is 2.93. The molecule has 2 fully saturated rings. The lowest BCUT2D eigenvalue weighted by molar-refractivity contribution is -0.144. The van der Waals surface area contributed by atoms with Gasteiger partial charge in [0, 0.05) is 57.5 Å². The second-order valence-electron chi connectivity index (χ2n) is 7.34. The zero-order valence-electron chi connectivity index (χ0n) is 15.9. The Bertz CT molecular complexity index is 683. The van der Waals surface area contributed by atoms with Crippen LogP contribution in [0.25, 0.3) is 0 Å². The van der Waals surface area contributed by atoms with Crippen molar-refractivity contribution in [3.8, 4) is 0 Å². The van der Waals surface area contributed by atoms with E-state index in [0.29, 0.717) is 64.4 Å². The van der Waals surface area contributed by atoms with Crippen LogP contribution in [0.1, 0.15) is 32.1 Å². The van der Waals surface area contributed by atoms with Gasteiger partial charge in [0.05, 0.1) is 5.92 Å². The first-order valence-corrected chi connectivity index (χ1v) is 9.85. The third-order valence-corrected chi connectivity index (χ3v) is 5.55. The molecule has 0 unspecified atom stereocenters. The molecule has 1 aliphatic carbocycles. The first kappa shape index (κ1) is 20.0. The number of piperazine rings is 1. The summed E-state index contributed by atoms with van der Waals surface area (Å²) < 4.78 is 0. The lowest BCUT2D eigenvalue weighted by atomic mass is 9.81. The van der Waals surface area contributed by atoms with Crippen LogP contribution in [-0.2, 0) is 14.4 Å². The molecular weight excluding hydrogens is 362 g/mol. The van der Waals surface area contributed by atoms with Gasteiger partial charge in [-0.2, -0.15) is 0 Å². The number of carbonyl (C=O) groups excluding carboxylic acids is 2. The van der Waals surface area contributed by atoms with Crippen molar-refractivity contribution in [2.75, 3.05) is 37.6 Å². The average molecular weight is 389 g/mol. The number of hydrogen-bond acceptors (Lipinski definition) is 6. The van der Waals surface area contributed by atoms with Gasteiger partial charge in [-0.15, -0.1) is 0 Å². The fraction of sp³-hybridized carbons (Fsp3) is 0.632. The van der Waals surface area contributed by atoms with Crippen LogP contribution in [-0.4, -0.2) is 70.5 Å². The first-order valence-electron chi connectivity index (χ1n) is 9.85. The highest BCUT2D eigenvalue weighted by molar-refractivity contribution is 5.81. The molecule has 1 aromatic heterocycles. The van der Waals surface area contributed by atoms with E-state index >= 15 is 0 Å². The molecule has 2 heterocycles. The molecular formula is C19H27N5O4. The average Bonchev–Trinajstić information content (AvgIpc) is 2.74. The van der Waals surface area contributed by atoms with E-state index in [-0.39, 0.29) is 30.1 Å². The molecule has 28 heavy (non-hydrogen) atoms. The smallest absolute Gasteiger partial charge is 0.306 e. The maximum absolute atomic E-state index is 12.4. The Balaban J connectivity index is 1.34. The summed E-state index contributed by atoms with van der Waals surface area (Å²) in [7, 11) is 0. The van der Waals surface area contributed by atoms with Gasteiger partial charge in [-0.25, -0.2) is 9.97 Å². The van der Waals surface area contributed by atoms with Crippen molar-refractivity contribution in [1.29, 1.82) is 0 Å². The zero-order valence-corrected chi connectivity index (χ0v) is 15.9. The Morgan fingerprint density at radius 2 is 1.61 bits per heavy atom. The third-order valence-electron chi connectivity index (χ3n) is 5.55. The molecule has 0 atom stereocenters. The summed E-state index contributed by atoms with van der Waals surface area (Å²) >= 11 is 0. The topological polar surface area (TPSA) is 116 Å². The molecule has 0 spiro atoms. The SMILES string of the molecule is O=C(O)C1CCC(C(=O)NCCC(=O)N2CCN(c3ncccn3)CC2)CC1. The molecule has 1 saturated heterocycles. The second-order valence-corrected chi connectivity index (χ2v) is 7.34. The van der Waals surface area contributed by atoms with Gasteiger partial charge in [0.1, 0.15) is 0 Å². The lowest BCUT2D eigenvalue weighted by Crippen LogP contribution is -2.49. The van der Waals surface area contributed by atoms with E-state index in [1.54, 1.807) is 18.5 Å². The van der Waals surface area contributed by atoms with E-state index in [4.69, 9.17) is 5.11 Å². The van der Waals surface area contributed by atoms with E-state index in [1.807, 2.05) is 4.90 Å². The third kappa shape index (κ3) is 5.17. The van der Waals surface area contributed by atoms with Gasteiger partial charge in [-0.3, -0.25) is 14.4 Å². The predicted octanol–water partition coefficient (Wildman–Crippen LogP) is 0.523. The van der Waals surface area contributed by atoms with Crippen LogP contribution in [0.5, 0.6) is 0 Å². The number of rotatable bonds is 6. The highest BCUT2D eigenvalue weighted by Gasteiger charge is 2.29. The molecule has 1 aliphatic heterocycles. The maximum Gasteiger partial charge on any atom is 0.306 e. The van der Waals surface area contributed by atoms with Gasteiger partial charge in [0.25, 0.3) is 0 Å². The van der Waals surface area contributed by atoms with Crippen LogP contribution in [0, 0.1) is 11.8 Å². The van der Waals surface area contributed by atoms with Gasteiger partial charge in [0.2, 0.25) is 17.8 Å². The Morgan fingerprint density at radius 1 is 1.00 bits per heavy atom. The van der Waals surface area contributed by atoms with Crippen molar-refractivity contribution in [2.45, 2.75) is 32.1 Å². The number of amides is 2. The van der Waals surface area contributed by atoms with Crippen LogP contribution in [0.3, 0.4) is 0 Å². The molecule has 1 aromatic rings. The van der Waals surface area contributed by atoms with Crippen LogP contribution in [0.4, 0.5) is 5.95 Å². The largest absolute Gasteiger partial charge is 0.481 e. The number of nitrogens with one attached hydrogen (secondary N) is 1. The summed E-state index contributed by atoms with van der Waals surface area (Å²) in [5.41, 5.74) is 0. The quantitative estimate of drug-likeness (QED) is 0.729. The van der Waals surface area contributed by atoms with Crippen molar-refractivity contribution in [3.63, 3.8) is 0 Å². The molecule has 2 aliphatic rings. The van der Waals surface area contributed by atoms with Crippen LogP contribution >= 0.6 is 0 Å². The molecule has 2 N–H and O–H groups in total. The number of carbonyl (C=O) groups is 3. The standard InChI is InChI=1S/C19H27N5O4/c25-16(23-10-12-24(13-11-23)19-21-7-1-8-22-19)6-9-20-17(26)14-2-4-15(5-3-14)18(27)28/h1,7-8,14-15H,2-6,9-13H2,(H,20,26)(H,27,28). The molecule has 0 bridgehead atoms. The summed E-state index contributed by atoms with van der Waals surface area (Å²) in [5.74, 6) is -0.597. The van der Waals surface area contributed by atoms with E-state index in [2.05, 4.69) is 20.2 Å². The molecule has 0 radical (unpaired) electrons. The molecule has 0 aromatic carbocycles. The number of aliphatic carboxylic acids is 1. The number of nitrogens with zero attached hydrogens (tertiary/aromatic N) is 4. The molecule has 9 heteroatoms. The highest BCUT2D eigenvalue weighted by Crippen LogP contribution is 2.28. The summed E-state index contributed by atoms with van der Waals surface area (Å²) in [4.78, 5) is 47.9. The molecule has 3 rings (SSSR count). The fourth-order valence-corrected chi connectivity index (χ4v) is 3.81. The van der Waals surface area contributed by atoms with Crippen LogP contribution in [0.2, 0.25) is 0 Å². The van der Waals surface area contributed by atoms with E-state index in [9.17, 15) is 14.4 Å². The normalized spacial score (nSPS) is 22.6. The number of hydrogen-bond donors (Lipinski definition) is 2. The molecule has 9 nitrogen and oxygen atoms in total. The lowest BCUT2D eigenvalue weighted by Gasteiger charge is -2.34. The molecule has 152 valence electrons. The van der Waals surface area contributed by atoms with Crippen molar-refractivity contribution < 1.29 is 19.5 Å². The maximum atomic E-state index is 12.4. The van der Waals surface area contributed by atoms with Gasteiger partial charge in [0.15, 0.2) is 0 Å². The Morgan fingerprint density at radius 3 is 2.21 bits per heavy atom. The van der Waals surface area contributed by atoms with Crippen molar-refractivity contribution >= 4 is 23.7 Å². The fourth-order valence-electron chi connectivity index (χ4n) is 3.81. The minimum atomic E-state index is -0.775. The predicted molar refractivity (Wildman–Crippen MR) is 102 cm³/mol. The zero-order chi connectivity index (χ0) is 19.9. The van der Waals surface area contributed by atoms with Crippen LogP contribution in [0.15, 0.2) is 18.5 Å². The number of carboxylic acids is 1. The molecule has 2 amide bonds. The van der Waals surface area contributed by atoms with Gasteiger partial charge in [-0.1, -0.05) is 0 Å². The number of carboxylic acid groups (broad SMARTS) is 1. The summed E-state index contributed by atoms with van der Waals surface area (Å²) in [5, 5.41) is 11.9.